The molecule has 0 saturated heterocycles. The lowest BCUT2D eigenvalue weighted by atomic mass is 10.0. The fourth-order valence-corrected chi connectivity index (χ4v) is 2.54. The first-order valence-corrected chi connectivity index (χ1v) is 6.31. The summed E-state index contributed by atoms with van der Waals surface area (Å²) in [5.41, 5.74) is 1.79. The maximum absolute atomic E-state index is 5.49. The van der Waals surface area contributed by atoms with Gasteiger partial charge < -0.3 is 14.6 Å². The average Bonchev–Trinajstić information content (AvgIpc) is 2.84. The number of benzene rings is 1. The number of para-hydroxylation sites is 1. The molecule has 1 N–H and O–H groups in total. The first-order chi connectivity index (χ1) is 9.13. The van der Waals surface area contributed by atoms with Crippen molar-refractivity contribution in [2.75, 3.05) is 17.3 Å². The van der Waals surface area contributed by atoms with Gasteiger partial charge in [0, 0.05) is 12.7 Å². The molecule has 4 nitrogen and oxygen atoms in total. The molecule has 0 amide bonds. The summed E-state index contributed by atoms with van der Waals surface area (Å²) in [7, 11) is 1.81. The van der Waals surface area contributed by atoms with Crippen molar-refractivity contribution in [2.45, 2.75) is 19.5 Å². The Morgan fingerprint density at radius 1 is 1.16 bits per heavy atom. The summed E-state index contributed by atoms with van der Waals surface area (Å²) in [6.07, 6.45) is 1.69. The minimum absolute atomic E-state index is 0.305. The molecule has 1 aliphatic heterocycles. The van der Waals surface area contributed by atoms with Crippen molar-refractivity contribution in [3.05, 3.63) is 48.2 Å². The molecule has 98 valence electrons. The van der Waals surface area contributed by atoms with Crippen LogP contribution in [0.2, 0.25) is 0 Å². The third kappa shape index (κ3) is 1.80. The van der Waals surface area contributed by atoms with Crippen molar-refractivity contribution >= 4 is 17.4 Å². The van der Waals surface area contributed by atoms with Crippen LogP contribution in [-0.2, 0) is 0 Å². The Bertz CT molecular complexity index is 613. The summed E-state index contributed by atoms with van der Waals surface area (Å²) >= 11 is 0. The van der Waals surface area contributed by atoms with Gasteiger partial charge in [-0.1, -0.05) is 18.2 Å². The van der Waals surface area contributed by atoms with Gasteiger partial charge in [0.05, 0.1) is 11.8 Å². The Morgan fingerprint density at radius 3 is 2.58 bits per heavy atom. The predicted molar refractivity (Wildman–Crippen MR) is 77.8 cm³/mol. The maximum Gasteiger partial charge on any atom is 0.205 e. The lowest BCUT2D eigenvalue weighted by Crippen LogP contribution is -2.56. The number of furan rings is 1. The lowest BCUT2D eigenvalue weighted by molar-refractivity contribution is 0.515. The molecule has 0 unspecified atom stereocenters. The van der Waals surface area contributed by atoms with Gasteiger partial charge in [0.1, 0.15) is 11.5 Å². The van der Waals surface area contributed by atoms with Gasteiger partial charge in [-0.15, -0.1) is 0 Å². The molecule has 19 heavy (non-hydrogen) atoms. The monoisotopic (exact) mass is 255 g/mol. The maximum atomic E-state index is 5.49. The van der Waals surface area contributed by atoms with E-state index in [2.05, 4.69) is 41.2 Å². The Kier molecular flexibility index (Phi) is 2.59. The van der Waals surface area contributed by atoms with Crippen LogP contribution >= 0.6 is 0 Å². The van der Waals surface area contributed by atoms with Gasteiger partial charge >= 0.3 is 0 Å². The number of amidine groups is 1. The van der Waals surface area contributed by atoms with E-state index in [1.54, 1.807) is 6.26 Å². The molecule has 0 bridgehead atoms. The standard InChI is InChI=1S/C15H17N3O/c1-15(2)17-14-12(9-10-19-14)13(16-3)18(15)11-7-5-4-6-8-11/h4-10,17H,1-3H3. The Labute approximate surface area is 112 Å². The van der Waals surface area contributed by atoms with Gasteiger partial charge in [-0.2, -0.15) is 0 Å². The normalized spacial score (nSPS) is 19.1. The minimum atomic E-state index is -0.305. The van der Waals surface area contributed by atoms with Crippen LogP contribution in [0.5, 0.6) is 0 Å². The number of hydrogen-bond acceptors (Lipinski definition) is 3. The molecule has 2 heterocycles. The van der Waals surface area contributed by atoms with Crippen molar-refractivity contribution in [1.82, 2.24) is 0 Å². The number of anilines is 2. The van der Waals surface area contributed by atoms with Crippen LogP contribution in [0.1, 0.15) is 19.4 Å². The quantitative estimate of drug-likeness (QED) is 0.849. The fourth-order valence-electron chi connectivity index (χ4n) is 2.54. The molecule has 1 aromatic carbocycles. The summed E-state index contributed by atoms with van der Waals surface area (Å²) in [6, 6.07) is 12.2. The van der Waals surface area contributed by atoms with Crippen LogP contribution in [0.4, 0.5) is 11.6 Å². The highest BCUT2D eigenvalue weighted by atomic mass is 16.3. The van der Waals surface area contributed by atoms with Crippen LogP contribution < -0.4 is 10.2 Å². The zero-order valence-corrected chi connectivity index (χ0v) is 11.3. The average molecular weight is 255 g/mol. The zero-order chi connectivity index (χ0) is 13.5. The molecule has 0 fully saturated rings. The molecule has 0 radical (unpaired) electrons. The number of aliphatic imine (C=N–C) groups is 1. The van der Waals surface area contributed by atoms with Crippen LogP contribution in [0.25, 0.3) is 0 Å². The van der Waals surface area contributed by atoms with Crippen molar-refractivity contribution in [3.63, 3.8) is 0 Å². The highest BCUT2D eigenvalue weighted by Crippen LogP contribution is 2.35. The second kappa shape index (κ2) is 4.16. The molecular formula is C15H17N3O. The lowest BCUT2D eigenvalue weighted by Gasteiger charge is -2.44. The predicted octanol–water partition coefficient (Wildman–Crippen LogP) is 3.32. The summed E-state index contributed by atoms with van der Waals surface area (Å²) in [6.45, 7) is 4.22. The van der Waals surface area contributed by atoms with Crippen molar-refractivity contribution in [1.29, 1.82) is 0 Å². The summed E-state index contributed by atoms with van der Waals surface area (Å²) in [5, 5.41) is 3.41. The van der Waals surface area contributed by atoms with E-state index in [0.717, 1.165) is 23.0 Å². The van der Waals surface area contributed by atoms with Gasteiger partial charge in [-0.3, -0.25) is 4.99 Å². The molecule has 0 atom stereocenters. The number of rotatable bonds is 1. The molecule has 0 aliphatic carbocycles. The minimum Gasteiger partial charge on any atom is -0.448 e. The van der Waals surface area contributed by atoms with E-state index in [4.69, 9.17) is 4.42 Å². The number of nitrogens with zero attached hydrogens (tertiary/aromatic N) is 2. The first kappa shape index (κ1) is 11.8. The molecular weight excluding hydrogens is 238 g/mol. The first-order valence-electron chi connectivity index (χ1n) is 6.31. The van der Waals surface area contributed by atoms with Gasteiger partial charge in [-0.05, 0) is 32.0 Å². The van der Waals surface area contributed by atoms with E-state index in [-0.39, 0.29) is 5.66 Å². The van der Waals surface area contributed by atoms with Gasteiger partial charge in [0.25, 0.3) is 0 Å². The van der Waals surface area contributed by atoms with Gasteiger partial charge in [0.2, 0.25) is 5.88 Å². The Hall–Kier alpha value is -2.23. The van der Waals surface area contributed by atoms with E-state index in [9.17, 15) is 0 Å². The van der Waals surface area contributed by atoms with Crippen LogP contribution in [0, 0.1) is 0 Å². The van der Waals surface area contributed by atoms with E-state index in [0.29, 0.717) is 0 Å². The highest BCUT2D eigenvalue weighted by Gasteiger charge is 2.38. The highest BCUT2D eigenvalue weighted by molar-refractivity contribution is 6.15. The van der Waals surface area contributed by atoms with E-state index in [1.807, 2.05) is 31.3 Å². The number of hydrogen-bond donors (Lipinski definition) is 1. The van der Waals surface area contributed by atoms with E-state index in [1.165, 1.54) is 0 Å². The van der Waals surface area contributed by atoms with Gasteiger partial charge in [-0.25, -0.2) is 0 Å². The Morgan fingerprint density at radius 2 is 1.89 bits per heavy atom. The topological polar surface area (TPSA) is 40.8 Å². The molecule has 0 spiro atoms. The fraction of sp³-hybridized carbons (Fsp3) is 0.267. The smallest absolute Gasteiger partial charge is 0.205 e. The number of fused-ring (bicyclic) bond motifs is 1. The number of nitrogens with one attached hydrogen (secondary N) is 1. The molecule has 2 aromatic rings. The molecule has 3 rings (SSSR count). The summed E-state index contributed by atoms with van der Waals surface area (Å²) < 4.78 is 5.49. The van der Waals surface area contributed by atoms with E-state index >= 15 is 0 Å². The summed E-state index contributed by atoms with van der Waals surface area (Å²) in [4.78, 5) is 6.64. The third-order valence-corrected chi connectivity index (χ3v) is 3.32. The molecule has 1 aliphatic rings. The molecule has 1 aromatic heterocycles. The zero-order valence-electron chi connectivity index (χ0n) is 11.3. The summed E-state index contributed by atoms with van der Waals surface area (Å²) in [5.74, 6) is 1.69. The van der Waals surface area contributed by atoms with Crippen LogP contribution in [0.15, 0.2) is 52.1 Å². The van der Waals surface area contributed by atoms with E-state index < -0.39 is 0 Å². The van der Waals surface area contributed by atoms with Crippen molar-refractivity contribution < 1.29 is 4.42 Å². The Balaban J connectivity index is 2.17. The van der Waals surface area contributed by atoms with Crippen molar-refractivity contribution in [2.24, 2.45) is 4.99 Å². The second-order valence-corrected chi connectivity index (χ2v) is 5.07. The van der Waals surface area contributed by atoms with Gasteiger partial charge in [0.15, 0.2) is 0 Å². The van der Waals surface area contributed by atoms with Crippen molar-refractivity contribution in [3.8, 4) is 0 Å². The second-order valence-electron chi connectivity index (χ2n) is 5.07. The van der Waals surface area contributed by atoms with Crippen LogP contribution in [-0.4, -0.2) is 18.5 Å². The largest absolute Gasteiger partial charge is 0.448 e. The third-order valence-electron chi connectivity index (χ3n) is 3.32. The molecule has 0 saturated carbocycles. The molecule has 4 heteroatoms. The SMILES string of the molecule is CN=C1c2ccoc2NC(C)(C)N1c1ccccc1. The van der Waals surface area contributed by atoms with Crippen LogP contribution in [0.3, 0.4) is 0 Å².